The molecule has 2 heterocycles. The third-order valence-electron chi connectivity index (χ3n) is 4.61. The van der Waals surface area contributed by atoms with E-state index in [0.29, 0.717) is 24.3 Å². The van der Waals surface area contributed by atoms with Gasteiger partial charge >= 0.3 is 5.97 Å². The molecule has 1 aliphatic rings. The van der Waals surface area contributed by atoms with Crippen LogP contribution < -0.4 is 10.2 Å². The van der Waals surface area contributed by atoms with Gasteiger partial charge in [-0.3, -0.25) is 9.59 Å². The first kappa shape index (κ1) is 19.3. The molecule has 1 aliphatic heterocycles. The minimum Gasteiger partial charge on any atom is -0.465 e. The normalized spacial score (nSPS) is 13.8. The van der Waals surface area contributed by atoms with Crippen LogP contribution in [-0.2, 0) is 9.53 Å². The molecular formula is C20H22N4O4. The summed E-state index contributed by atoms with van der Waals surface area (Å²) >= 11 is 0. The smallest absolute Gasteiger partial charge is 0.337 e. The highest BCUT2D eigenvalue weighted by atomic mass is 16.5. The first-order chi connectivity index (χ1) is 13.5. The molecule has 146 valence electrons. The second-order valence-corrected chi connectivity index (χ2v) is 6.42. The summed E-state index contributed by atoms with van der Waals surface area (Å²) in [5.41, 5.74) is 2.02. The number of esters is 1. The summed E-state index contributed by atoms with van der Waals surface area (Å²) in [5.74, 6) is -0.750. The molecule has 1 saturated heterocycles. The number of pyridine rings is 1. The molecule has 1 aromatic carbocycles. The minimum absolute atomic E-state index is 0.0843. The Bertz CT molecular complexity index is 874. The fraction of sp³-hybridized carbons (Fsp3) is 0.300. The Labute approximate surface area is 163 Å². The molecule has 1 fully saturated rings. The topological polar surface area (TPSA) is 91.8 Å². The molecule has 1 aromatic heterocycles. The summed E-state index contributed by atoms with van der Waals surface area (Å²) in [6, 6.07) is 10.0. The molecule has 0 unspecified atom stereocenters. The maximum atomic E-state index is 12.4. The number of amides is 2. The van der Waals surface area contributed by atoms with Gasteiger partial charge in [0.15, 0.2) is 0 Å². The van der Waals surface area contributed by atoms with Crippen LogP contribution in [0.5, 0.6) is 0 Å². The van der Waals surface area contributed by atoms with Crippen molar-refractivity contribution in [2.24, 2.45) is 0 Å². The molecule has 1 N–H and O–H groups in total. The van der Waals surface area contributed by atoms with Crippen LogP contribution in [0.4, 0.5) is 11.4 Å². The van der Waals surface area contributed by atoms with Gasteiger partial charge in [0.25, 0.3) is 5.91 Å². The maximum absolute atomic E-state index is 12.4. The van der Waals surface area contributed by atoms with Gasteiger partial charge in [-0.2, -0.15) is 0 Å². The van der Waals surface area contributed by atoms with Gasteiger partial charge in [-0.15, -0.1) is 0 Å². The summed E-state index contributed by atoms with van der Waals surface area (Å²) in [6.07, 6.45) is 1.66. The summed E-state index contributed by atoms with van der Waals surface area (Å²) in [5, 5.41) is 2.73. The predicted molar refractivity (Wildman–Crippen MR) is 104 cm³/mol. The van der Waals surface area contributed by atoms with Gasteiger partial charge in [-0.25, -0.2) is 9.78 Å². The van der Waals surface area contributed by atoms with Crippen LogP contribution in [-0.4, -0.2) is 61.0 Å². The highest BCUT2D eigenvalue weighted by Gasteiger charge is 2.19. The van der Waals surface area contributed by atoms with Crippen molar-refractivity contribution in [2.75, 3.05) is 43.5 Å². The van der Waals surface area contributed by atoms with Gasteiger partial charge in [-0.1, -0.05) is 6.07 Å². The van der Waals surface area contributed by atoms with Crippen molar-refractivity contribution >= 4 is 29.2 Å². The number of methoxy groups -OCH3 is 1. The van der Waals surface area contributed by atoms with Crippen LogP contribution in [0.2, 0.25) is 0 Å². The largest absolute Gasteiger partial charge is 0.465 e. The molecule has 0 bridgehead atoms. The lowest BCUT2D eigenvalue weighted by Crippen LogP contribution is -2.48. The van der Waals surface area contributed by atoms with Gasteiger partial charge < -0.3 is 19.9 Å². The molecule has 28 heavy (non-hydrogen) atoms. The molecular weight excluding hydrogens is 360 g/mol. The fourth-order valence-electron chi connectivity index (χ4n) is 3.02. The van der Waals surface area contributed by atoms with E-state index in [2.05, 4.69) is 19.9 Å². The van der Waals surface area contributed by atoms with Crippen molar-refractivity contribution < 1.29 is 19.1 Å². The monoisotopic (exact) mass is 382 g/mol. The number of carbonyl (C=O) groups excluding carboxylic acids is 3. The molecule has 3 rings (SSSR count). The van der Waals surface area contributed by atoms with Gasteiger partial charge in [0.05, 0.1) is 24.6 Å². The average Bonchev–Trinajstić information content (AvgIpc) is 2.73. The van der Waals surface area contributed by atoms with E-state index in [1.807, 2.05) is 11.0 Å². The first-order valence-corrected chi connectivity index (χ1v) is 8.94. The van der Waals surface area contributed by atoms with Crippen molar-refractivity contribution in [1.29, 1.82) is 0 Å². The number of rotatable bonds is 4. The van der Waals surface area contributed by atoms with Crippen molar-refractivity contribution in [3.63, 3.8) is 0 Å². The molecule has 8 heteroatoms. The van der Waals surface area contributed by atoms with E-state index < -0.39 is 5.97 Å². The molecule has 0 atom stereocenters. The van der Waals surface area contributed by atoms with E-state index in [0.717, 1.165) is 18.8 Å². The Morgan fingerprint density at radius 1 is 1.07 bits per heavy atom. The molecule has 8 nitrogen and oxygen atoms in total. The van der Waals surface area contributed by atoms with E-state index in [9.17, 15) is 14.4 Å². The molecule has 2 aromatic rings. The maximum Gasteiger partial charge on any atom is 0.337 e. The number of nitrogens with zero attached hydrogens (tertiary/aromatic N) is 3. The third-order valence-corrected chi connectivity index (χ3v) is 4.61. The Morgan fingerprint density at radius 2 is 1.82 bits per heavy atom. The number of nitrogens with one attached hydrogen (secondary N) is 1. The highest BCUT2D eigenvalue weighted by molar-refractivity contribution is 6.03. The number of hydrogen-bond donors (Lipinski definition) is 1. The van der Waals surface area contributed by atoms with Gasteiger partial charge in [0, 0.05) is 38.8 Å². The number of carbonyl (C=O) groups is 3. The van der Waals surface area contributed by atoms with Crippen LogP contribution in [0.25, 0.3) is 0 Å². The van der Waals surface area contributed by atoms with Crippen molar-refractivity contribution in [2.45, 2.75) is 6.92 Å². The zero-order valence-corrected chi connectivity index (χ0v) is 15.8. The average molecular weight is 382 g/mol. The Balaban J connectivity index is 1.63. The van der Waals surface area contributed by atoms with Crippen LogP contribution in [0.1, 0.15) is 27.8 Å². The van der Waals surface area contributed by atoms with Crippen molar-refractivity contribution in [3.05, 3.63) is 53.9 Å². The number of anilines is 2. The van der Waals surface area contributed by atoms with Gasteiger partial charge in [-0.05, 0) is 30.3 Å². The fourth-order valence-corrected chi connectivity index (χ4v) is 3.02. The number of benzene rings is 1. The molecule has 0 aliphatic carbocycles. The van der Waals surface area contributed by atoms with E-state index in [4.69, 9.17) is 0 Å². The van der Waals surface area contributed by atoms with E-state index >= 15 is 0 Å². The zero-order valence-electron chi connectivity index (χ0n) is 15.8. The quantitative estimate of drug-likeness (QED) is 0.811. The Kier molecular flexibility index (Phi) is 5.88. The SMILES string of the molecule is COC(=O)c1cccc(NC(=O)c2ccc(N3CCN(C(C)=O)CC3)cn2)c1. The van der Waals surface area contributed by atoms with Gasteiger partial charge in [0.1, 0.15) is 5.69 Å². The minimum atomic E-state index is -0.469. The predicted octanol–water partition coefficient (Wildman–Crippen LogP) is 1.79. The number of aromatic nitrogens is 1. The summed E-state index contributed by atoms with van der Waals surface area (Å²) < 4.78 is 4.68. The number of piperazine rings is 1. The van der Waals surface area contributed by atoms with Crippen LogP contribution in [0.3, 0.4) is 0 Å². The first-order valence-electron chi connectivity index (χ1n) is 8.94. The van der Waals surface area contributed by atoms with Crippen LogP contribution in [0, 0.1) is 0 Å². The lowest BCUT2D eigenvalue weighted by Gasteiger charge is -2.35. The van der Waals surface area contributed by atoms with Gasteiger partial charge in [0.2, 0.25) is 5.91 Å². The third kappa shape index (κ3) is 4.46. The highest BCUT2D eigenvalue weighted by Crippen LogP contribution is 2.17. The van der Waals surface area contributed by atoms with Crippen molar-refractivity contribution in [3.8, 4) is 0 Å². The lowest BCUT2D eigenvalue weighted by molar-refractivity contribution is -0.129. The van der Waals surface area contributed by atoms with Crippen molar-refractivity contribution in [1.82, 2.24) is 9.88 Å². The van der Waals surface area contributed by atoms with Crippen LogP contribution >= 0.6 is 0 Å². The lowest BCUT2D eigenvalue weighted by atomic mass is 10.2. The molecule has 2 amide bonds. The number of hydrogen-bond acceptors (Lipinski definition) is 6. The molecule has 0 saturated carbocycles. The second-order valence-electron chi connectivity index (χ2n) is 6.42. The van der Waals surface area contributed by atoms with Crippen LogP contribution in [0.15, 0.2) is 42.6 Å². The Morgan fingerprint density at radius 3 is 2.43 bits per heavy atom. The van der Waals surface area contributed by atoms with E-state index in [1.54, 1.807) is 43.5 Å². The van der Waals surface area contributed by atoms with E-state index in [-0.39, 0.29) is 17.5 Å². The zero-order chi connectivity index (χ0) is 20.1. The standard InChI is InChI=1S/C20H22N4O4/c1-14(25)23-8-10-24(11-9-23)17-6-7-18(21-13-17)19(26)22-16-5-3-4-15(12-16)20(27)28-2/h3-7,12-13H,8-11H2,1-2H3,(H,22,26). The second kappa shape index (κ2) is 8.51. The molecule has 0 spiro atoms. The summed E-state index contributed by atoms with van der Waals surface area (Å²) in [4.78, 5) is 43.6. The Hall–Kier alpha value is -3.42. The summed E-state index contributed by atoms with van der Waals surface area (Å²) in [7, 11) is 1.30. The number of ether oxygens (including phenoxy) is 1. The van der Waals surface area contributed by atoms with E-state index in [1.165, 1.54) is 7.11 Å². The molecule has 0 radical (unpaired) electrons. The summed E-state index contributed by atoms with van der Waals surface area (Å²) in [6.45, 7) is 4.38.